The summed E-state index contributed by atoms with van der Waals surface area (Å²) in [5.74, 6) is -2.11. The van der Waals surface area contributed by atoms with Crippen LogP contribution in [0.1, 0.15) is 36.4 Å². The van der Waals surface area contributed by atoms with Crippen molar-refractivity contribution < 1.29 is 21.9 Å². The maximum Gasteiger partial charge on any atom is 0.334 e. The first-order chi connectivity index (χ1) is 13.8. The predicted octanol–water partition coefficient (Wildman–Crippen LogP) is 2.56. The number of benzene rings is 1. The van der Waals surface area contributed by atoms with Gasteiger partial charge in [-0.3, -0.25) is 14.4 Å². The van der Waals surface area contributed by atoms with Gasteiger partial charge in [-0.15, -0.1) is 0 Å². The van der Waals surface area contributed by atoms with Gasteiger partial charge in [0.05, 0.1) is 13.9 Å². The standard InChI is InChI=1S/C19H16N2O5S/c1-4-9-26-19(25)15(11(2)3)21-18(24)14(10-27-21)20-16(22)12-7-5-6-8-13(12)17(20)23/h4-8,10,15H,1-2,9H2,3H3/t15-/m1/s1/i2D2. The minimum Gasteiger partial charge on any atom is -0.460 e. The maximum atomic E-state index is 13.0. The summed E-state index contributed by atoms with van der Waals surface area (Å²) < 4.78 is 21.0. The van der Waals surface area contributed by atoms with Crippen LogP contribution >= 0.6 is 11.5 Å². The molecular weight excluding hydrogens is 368 g/mol. The smallest absolute Gasteiger partial charge is 0.334 e. The minimum atomic E-state index is -1.36. The number of rotatable bonds is 6. The lowest BCUT2D eigenvalue weighted by molar-refractivity contribution is -0.144. The SMILES string of the molecule is [2H]C([2H])=C(C)[C@H](C(=O)OCC=C)n1scc(N2C(=O)c3ccccc3C2=O)c1=O. The molecule has 7 nitrogen and oxygen atoms in total. The van der Waals surface area contributed by atoms with E-state index in [0.29, 0.717) is 0 Å². The first kappa shape index (κ1) is 16.0. The van der Waals surface area contributed by atoms with Crippen molar-refractivity contribution in [2.24, 2.45) is 0 Å². The van der Waals surface area contributed by atoms with Crippen LogP contribution in [0.2, 0.25) is 0 Å². The second-order valence-electron chi connectivity index (χ2n) is 5.74. The first-order valence-electron chi connectivity index (χ1n) is 8.89. The molecule has 1 aliphatic rings. The molecule has 0 aliphatic carbocycles. The predicted molar refractivity (Wildman–Crippen MR) is 101 cm³/mol. The molecular formula is C19H16N2O5S. The first-order valence-corrected chi connectivity index (χ1v) is 8.73. The molecule has 1 aromatic carbocycles. The van der Waals surface area contributed by atoms with E-state index in [1.54, 1.807) is 12.1 Å². The molecule has 27 heavy (non-hydrogen) atoms. The largest absolute Gasteiger partial charge is 0.460 e. The molecule has 2 heterocycles. The average Bonchev–Trinajstić information content (AvgIpc) is 3.18. The summed E-state index contributed by atoms with van der Waals surface area (Å²) >= 11 is 0.792. The lowest BCUT2D eigenvalue weighted by Crippen LogP contribution is -2.36. The van der Waals surface area contributed by atoms with Gasteiger partial charge in [-0.2, -0.15) is 0 Å². The molecule has 0 fully saturated rings. The summed E-state index contributed by atoms with van der Waals surface area (Å²) in [5.41, 5.74) is -0.617. The molecule has 2 aromatic rings. The summed E-state index contributed by atoms with van der Waals surface area (Å²) in [5, 5.41) is 1.29. The number of hydrogen-bond acceptors (Lipinski definition) is 6. The molecule has 8 heteroatoms. The molecule has 0 saturated heterocycles. The van der Waals surface area contributed by atoms with Gasteiger partial charge in [0.15, 0.2) is 6.04 Å². The number of imide groups is 1. The van der Waals surface area contributed by atoms with Crippen molar-refractivity contribution >= 4 is 35.0 Å². The molecule has 0 radical (unpaired) electrons. The number of hydrogen-bond donors (Lipinski definition) is 0. The van der Waals surface area contributed by atoms with Crippen molar-refractivity contribution in [3.63, 3.8) is 0 Å². The van der Waals surface area contributed by atoms with Crippen LogP contribution in [0.4, 0.5) is 5.69 Å². The van der Waals surface area contributed by atoms with Gasteiger partial charge in [0, 0.05) is 5.38 Å². The highest BCUT2D eigenvalue weighted by Gasteiger charge is 2.39. The van der Waals surface area contributed by atoms with E-state index in [0.717, 1.165) is 20.4 Å². The Kier molecular flexibility index (Phi) is 4.23. The lowest BCUT2D eigenvalue weighted by atomic mass is 10.1. The second-order valence-corrected chi connectivity index (χ2v) is 6.57. The third-order valence-electron chi connectivity index (χ3n) is 3.94. The molecule has 0 spiro atoms. The van der Waals surface area contributed by atoms with E-state index in [-0.39, 0.29) is 29.0 Å². The van der Waals surface area contributed by atoms with Crippen LogP contribution in [0, 0.1) is 0 Å². The Balaban J connectivity index is 2.06. The Bertz CT molecular complexity index is 1080. The van der Waals surface area contributed by atoms with E-state index >= 15 is 0 Å². The molecule has 1 atom stereocenters. The van der Waals surface area contributed by atoms with E-state index in [1.807, 2.05) is 0 Å². The number of aromatic nitrogens is 1. The molecule has 1 aromatic heterocycles. The Labute approximate surface area is 161 Å². The Morgan fingerprint density at radius 2 is 1.93 bits per heavy atom. The number of fused-ring (bicyclic) bond motifs is 1. The number of anilines is 1. The molecule has 0 N–H and O–H groups in total. The van der Waals surface area contributed by atoms with Crippen molar-refractivity contribution in [3.05, 3.63) is 75.9 Å². The zero-order valence-electron chi connectivity index (χ0n) is 16.3. The highest BCUT2D eigenvalue weighted by atomic mass is 32.1. The van der Waals surface area contributed by atoms with E-state index in [2.05, 4.69) is 6.58 Å². The maximum absolute atomic E-state index is 13.0. The molecule has 2 amide bonds. The molecule has 3 rings (SSSR count). The normalized spacial score (nSPS) is 14.9. The zero-order chi connectivity index (χ0) is 21.3. The number of carbonyl (C=O) groups excluding carboxylic acids is 3. The van der Waals surface area contributed by atoms with Gasteiger partial charge in [-0.25, -0.2) is 13.7 Å². The van der Waals surface area contributed by atoms with Gasteiger partial charge in [0.1, 0.15) is 12.3 Å². The summed E-state index contributed by atoms with van der Waals surface area (Å²) in [6.07, 6.45) is 1.34. The van der Waals surface area contributed by atoms with E-state index in [1.165, 1.54) is 30.5 Å². The van der Waals surface area contributed by atoms with Crippen molar-refractivity contribution in [2.75, 3.05) is 11.5 Å². The van der Waals surface area contributed by atoms with Crippen LogP contribution in [0.25, 0.3) is 0 Å². The van der Waals surface area contributed by atoms with Gasteiger partial charge in [0.2, 0.25) is 0 Å². The third kappa shape index (κ3) is 3.04. The molecule has 0 bridgehead atoms. The fraction of sp³-hybridized carbons (Fsp3) is 0.158. The Hall–Kier alpha value is -3.26. The van der Waals surface area contributed by atoms with Gasteiger partial charge in [-0.1, -0.05) is 42.9 Å². The minimum absolute atomic E-state index is 0.0167. The summed E-state index contributed by atoms with van der Waals surface area (Å²) in [4.78, 5) is 51.5. The Morgan fingerprint density at radius 1 is 1.30 bits per heavy atom. The van der Waals surface area contributed by atoms with Crippen LogP contribution < -0.4 is 10.5 Å². The van der Waals surface area contributed by atoms with Crippen LogP contribution in [-0.4, -0.2) is 28.3 Å². The molecule has 138 valence electrons. The van der Waals surface area contributed by atoms with Crippen LogP contribution in [0.3, 0.4) is 0 Å². The third-order valence-corrected chi connectivity index (χ3v) is 4.88. The molecule has 0 saturated carbocycles. The van der Waals surface area contributed by atoms with E-state index < -0.39 is 35.9 Å². The average molecular weight is 386 g/mol. The van der Waals surface area contributed by atoms with Crippen molar-refractivity contribution in [3.8, 4) is 0 Å². The van der Waals surface area contributed by atoms with Crippen LogP contribution in [-0.2, 0) is 9.53 Å². The van der Waals surface area contributed by atoms with Crippen LogP contribution in [0.5, 0.6) is 0 Å². The summed E-state index contributed by atoms with van der Waals surface area (Å²) in [6.45, 7) is 4.05. The van der Waals surface area contributed by atoms with E-state index in [4.69, 9.17) is 7.48 Å². The van der Waals surface area contributed by atoms with Gasteiger partial charge < -0.3 is 4.74 Å². The Morgan fingerprint density at radius 3 is 2.48 bits per heavy atom. The fourth-order valence-electron chi connectivity index (χ4n) is 2.72. The topological polar surface area (TPSA) is 85.7 Å². The number of carbonyl (C=O) groups is 3. The summed E-state index contributed by atoms with van der Waals surface area (Å²) in [7, 11) is 0. The number of ether oxygens (including phenoxy) is 1. The number of amides is 2. The highest BCUT2D eigenvalue weighted by Crippen LogP contribution is 2.29. The number of esters is 1. The molecule has 0 unspecified atom stereocenters. The molecule has 1 aliphatic heterocycles. The van der Waals surface area contributed by atoms with Gasteiger partial charge >= 0.3 is 5.97 Å². The summed E-state index contributed by atoms with van der Waals surface area (Å²) in [6, 6.07) is 4.86. The lowest BCUT2D eigenvalue weighted by Gasteiger charge is -2.16. The van der Waals surface area contributed by atoms with Crippen molar-refractivity contribution in [2.45, 2.75) is 13.0 Å². The van der Waals surface area contributed by atoms with Gasteiger partial charge in [0.25, 0.3) is 17.4 Å². The van der Waals surface area contributed by atoms with Crippen molar-refractivity contribution in [1.29, 1.82) is 0 Å². The van der Waals surface area contributed by atoms with Crippen LogP contribution in [0.15, 0.2) is 59.2 Å². The fourth-order valence-corrected chi connectivity index (χ4v) is 3.70. The quantitative estimate of drug-likeness (QED) is 0.433. The second kappa shape index (κ2) is 7.16. The van der Waals surface area contributed by atoms with Crippen molar-refractivity contribution in [1.82, 2.24) is 3.96 Å². The monoisotopic (exact) mass is 386 g/mol. The highest BCUT2D eigenvalue weighted by molar-refractivity contribution is 7.04. The van der Waals surface area contributed by atoms with E-state index in [9.17, 15) is 19.2 Å². The zero-order valence-corrected chi connectivity index (χ0v) is 15.1. The van der Waals surface area contributed by atoms with Gasteiger partial charge in [-0.05, 0) is 24.6 Å². The number of nitrogens with zero attached hydrogens (tertiary/aromatic N) is 2.